The van der Waals surface area contributed by atoms with Gasteiger partial charge in [-0.05, 0) is 25.5 Å². The van der Waals surface area contributed by atoms with Crippen LogP contribution in [-0.2, 0) is 9.47 Å². The van der Waals surface area contributed by atoms with Gasteiger partial charge in [0, 0.05) is 10.4 Å². The average Bonchev–Trinajstić information content (AvgIpc) is 2.97. The van der Waals surface area contributed by atoms with E-state index in [0.717, 1.165) is 16.0 Å². The number of hydrogen-bond donors (Lipinski definition) is 1. The highest BCUT2D eigenvalue weighted by molar-refractivity contribution is 7.16. The monoisotopic (exact) mass is 317 g/mol. The predicted molar refractivity (Wildman–Crippen MR) is 83.4 cm³/mol. The molecule has 2 heterocycles. The number of rotatable bonds is 3. The number of esters is 2. The Hall–Kier alpha value is -2.34. The maximum absolute atomic E-state index is 12.0. The summed E-state index contributed by atoms with van der Waals surface area (Å²) in [7, 11) is 1.35. The smallest absolute Gasteiger partial charge is 0.341 e. The minimum Gasteiger partial charge on any atom is -0.465 e. The fourth-order valence-corrected chi connectivity index (χ4v) is 3.51. The number of ether oxygens (including phenoxy) is 2. The molecule has 1 aliphatic rings. The number of fused-ring (bicyclic) bond motifs is 1. The first-order valence-corrected chi connectivity index (χ1v) is 7.59. The number of anilines is 1. The molecule has 6 heteroatoms. The maximum Gasteiger partial charge on any atom is 0.341 e. The van der Waals surface area contributed by atoms with E-state index in [-0.39, 0.29) is 5.97 Å². The van der Waals surface area contributed by atoms with Crippen molar-refractivity contribution < 1.29 is 19.1 Å². The summed E-state index contributed by atoms with van der Waals surface area (Å²) < 4.78 is 10.2. The molecule has 3 rings (SSSR count). The highest BCUT2D eigenvalue weighted by atomic mass is 32.1. The molecule has 0 radical (unpaired) electrons. The Bertz CT molecular complexity index is 766. The van der Waals surface area contributed by atoms with Gasteiger partial charge in [0.05, 0.1) is 18.2 Å². The molecule has 1 aliphatic heterocycles. The van der Waals surface area contributed by atoms with E-state index in [4.69, 9.17) is 9.47 Å². The number of hydrogen-bond acceptors (Lipinski definition) is 6. The normalized spacial score (nSPS) is 16.1. The lowest BCUT2D eigenvalue weighted by atomic mass is 10.1. The number of nitrogens with one attached hydrogen (secondary N) is 1. The van der Waals surface area contributed by atoms with Gasteiger partial charge in [0.2, 0.25) is 6.23 Å². The van der Waals surface area contributed by atoms with Crippen LogP contribution in [0.2, 0.25) is 0 Å². The van der Waals surface area contributed by atoms with E-state index in [1.807, 2.05) is 26.0 Å². The van der Waals surface area contributed by atoms with Crippen LogP contribution in [0.25, 0.3) is 0 Å². The molecule has 0 spiro atoms. The number of benzene rings is 1. The van der Waals surface area contributed by atoms with Crippen LogP contribution < -0.4 is 5.32 Å². The summed E-state index contributed by atoms with van der Waals surface area (Å²) in [5.41, 5.74) is 2.68. The fraction of sp³-hybridized carbons (Fsp3) is 0.250. The van der Waals surface area contributed by atoms with Crippen molar-refractivity contribution in [3.05, 3.63) is 51.4 Å². The van der Waals surface area contributed by atoms with Gasteiger partial charge in [0.15, 0.2) is 0 Å². The van der Waals surface area contributed by atoms with Crippen molar-refractivity contribution in [2.75, 3.05) is 12.4 Å². The predicted octanol–water partition coefficient (Wildman–Crippen LogP) is 3.43. The summed E-state index contributed by atoms with van der Waals surface area (Å²) in [4.78, 5) is 24.9. The lowest BCUT2D eigenvalue weighted by Gasteiger charge is -2.14. The van der Waals surface area contributed by atoms with Gasteiger partial charge in [-0.1, -0.05) is 18.2 Å². The van der Waals surface area contributed by atoms with E-state index in [2.05, 4.69) is 5.32 Å². The van der Waals surface area contributed by atoms with E-state index >= 15 is 0 Å². The Morgan fingerprint density at radius 3 is 2.77 bits per heavy atom. The third kappa shape index (κ3) is 2.25. The largest absolute Gasteiger partial charge is 0.465 e. The Balaban J connectivity index is 1.97. The fourth-order valence-electron chi connectivity index (χ4n) is 2.45. The number of cyclic esters (lactones) is 1. The number of aryl methyl sites for hydroxylation is 1. The highest BCUT2D eigenvalue weighted by Gasteiger charge is 2.32. The zero-order valence-electron chi connectivity index (χ0n) is 12.4. The molecule has 5 nitrogen and oxygen atoms in total. The van der Waals surface area contributed by atoms with Crippen LogP contribution in [0, 0.1) is 13.8 Å². The van der Waals surface area contributed by atoms with E-state index in [1.54, 1.807) is 12.1 Å². The molecule has 1 N–H and O–H groups in total. The van der Waals surface area contributed by atoms with Crippen molar-refractivity contribution in [2.24, 2.45) is 0 Å². The van der Waals surface area contributed by atoms with Gasteiger partial charge < -0.3 is 14.8 Å². The molecule has 1 aromatic carbocycles. The number of methoxy groups -OCH3 is 1. The highest BCUT2D eigenvalue weighted by Crippen LogP contribution is 2.38. The third-order valence-corrected chi connectivity index (χ3v) is 4.86. The van der Waals surface area contributed by atoms with E-state index in [0.29, 0.717) is 16.1 Å². The molecule has 1 atom stereocenters. The summed E-state index contributed by atoms with van der Waals surface area (Å²) >= 11 is 1.44. The Labute approximate surface area is 131 Å². The molecular formula is C16H15NO4S. The van der Waals surface area contributed by atoms with Gasteiger partial charge in [-0.25, -0.2) is 9.59 Å². The number of carbonyl (C=O) groups excluding carboxylic acids is 2. The van der Waals surface area contributed by atoms with E-state index in [1.165, 1.54) is 18.4 Å². The maximum atomic E-state index is 12.0. The van der Waals surface area contributed by atoms with Gasteiger partial charge in [-0.3, -0.25) is 0 Å². The summed E-state index contributed by atoms with van der Waals surface area (Å²) in [5.74, 6) is -0.764. The molecule has 2 aromatic rings. The van der Waals surface area contributed by atoms with Crippen LogP contribution in [-0.4, -0.2) is 19.0 Å². The van der Waals surface area contributed by atoms with Gasteiger partial charge in [0.25, 0.3) is 0 Å². The van der Waals surface area contributed by atoms with Crippen LogP contribution in [0.4, 0.5) is 5.00 Å². The standard InChI is InChI=1S/C16H15NO4S/c1-8-9(2)22-14(12(8)16(19)20-3)17-13-10-6-4-5-7-11(10)15(18)21-13/h4-7,13,17H,1-3H3/t13-/m0/s1. The van der Waals surface area contributed by atoms with Crippen molar-refractivity contribution in [1.29, 1.82) is 0 Å². The quantitative estimate of drug-likeness (QED) is 0.879. The second kappa shape index (κ2) is 5.46. The summed E-state index contributed by atoms with van der Waals surface area (Å²) in [6.45, 7) is 3.81. The second-order valence-corrected chi connectivity index (χ2v) is 6.22. The van der Waals surface area contributed by atoms with Crippen LogP contribution in [0.3, 0.4) is 0 Å². The van der Waals surface area contributed by atoms with Gasteiger partial charge >= 0.3 is 11.9 Å². The van der Waals surface area contributed by atoms with E-state index < -0.39 is 12.2 Å². The van der Waals surface area contributed by atoms with Crippen LogP contribution >= 0.6 is 11.3 Å². The van der Waals surface area contributed by atoms with Crippen molar-refractivity contribution >= 4 is 28.3 Å². The number of thiophene rings is 1. The molecule has 0 amide bonds. The molecule has 1 aromatic heterocycles. The lowest BCUT2D eigenvalue weighted by Crippen LogP contribution is -2.13. The Morgan fingerprint density at radius 1 is 1.32 bits per heavy atom. The van der Waals surface area contributed by atoms with Crippen LogP contribution in [0.1, 0.15) is 42.9 Å². The minimum atomic E-state index is -0.593. The lowest BCUT2D eigenvalue weighted by molar-refractivity contribution is 0.0437. The molecule has 0 saturated carbocycles. The first-order valence-electron chi connectivity index (χ1n) is 6.77. The van der Waals surface area contributed by atoms with Gasteiger partial charge in [0.1, 0.15) is 5.00 Å². The number of carbonyl (C=O) groups is 2. The first kappa shape index (κ1) is 14.6. The molecule has 0 saturated heterocycles. The van der Waals surface area contributed by atoms with Crippen molar-refractivity contribution in [1.82, 2.24) is 0 Å². The first-order chi connectivity index (χ1) is 10.5. The van der Waals surface area contributed by atoms with Gasteiger partial charge in [-0.15, -0.1) is 11.3 Å². The topological polar surface area (TPSA) is 64.6 Å². The molecule has 0 unspecified atom stereocenters. The Kier molecular flexibility index (Phi) is 3.62. The van der Waals surface area contributed by atoms with Gasteiger partial charge in [-0.2, -0.15) is 0 Å². The summed E-state index contributed by atoms with van der Waals surface area (Å²) in [6, 6.07) is 7.21. The van der Waals surface area contributed by atoms with E-state index in [9.17, 15) is 9.59 Å². The average molecular weight is 317 g/mol. The van der Waals surface area contributed by atoms with Crippen LogP contribution in [0.15, 0.2) is 24.3 Å². The van der Waals surface area contributed by atoms with Crippen molar-refractivity contribution in [2.45, 2.75) is 20.1 Å². The zero-order chi connectivity index (χ0) is 15.9. The third-order valence-electron chi connectivity index (χ3n) is 3.73. The van der Waals surface area contributed by atoms with Crippen molar-refractivity contribution in [3.63, 3.8) is 0 Å². The Morgan fingerprint density at radius 2 is 2.05 bits per heavy atom. The molecule has 0 bridgehead atoms. The van der Waals surface area contributed by atoms with Crippen molar-refractivity contribution in [3.8, 4) is 0 Å². The molecule has 114 valence electrons. The molecule has 0 aliphatic carbocycles. The summed E-state index contributed by atoms with van der Waals surface area (Å²) in [5, 5.41) is 3.80. The second-order valence-electron chi connectivity index (χ2n) is 5.00. The summed E-state index contributed by atoms with van der Waals surface area (Å²) in [6.07, 6.45) is -0.593. The SMILES string of the molecule is COC(=O)c1c(N[C@H]2OC(=O)c3ccccc32)sc(C)c1C. The zero-order valence-corrected chi connectivity index (χ0v) is 13.2. The minimum absolute atomic E-state index is 0.363. The molecule has 22 heavy (non-hydrogen) atoms. The molecule has 0 fully saturated rings. The molecular weight excluding hydrogens is 302 g/mol. The van der Waals surface area contributed by atoms with Crippen LogP contribution in [0.5, 0.6) is 0 Å².